The number of amides is 3. The fourth-order valence-electron chi connectivity index (χ4n) is 3.00. The maximum Gasteiger partial charge on any atom is 0.322 e. The molecule has 0 spiro atoms. The second kappa shape index (κ2) is 11.5. The van der Waals surface area contributed by atoms with Crippen LogP contribution in [0.4, 0.5) is 10.5 Å². The highest BCUT2D eigenvalue weighted by Crippen LogP contribution is 2.17. The van der Waals surface area contributed by atoms with Crippen molar-refractivity contribution in [2.75, 3.05) is 18.4 Å². The van der Waals surface area contributed by atoms with E-state index in [1.54, 1.807) is 34.4 Å². The summed E-state index contributed by atoms with van der Waals surface area (Å²) in [6, 6.07) is 20.8. The zero-order valence-electron chi connectivity index (χ0n) is 17.0. The third-order valence-electron chi connectivity index (χ3n) is 4.55. The van der Waals surface area contributed by atoms with E-state index in [4.69, 9.17) is 0 Å². The third kappa shape index (κ3) is 7.08. The molecule has 0 saturated carbocycles. The molecule has 31 heavy (non-hydrogen) atoms. The lowest BCUT2D eigenvalue weighted by atomic mass is 10.2. The first-order valence-electron chi connectivity index (χ1n) is 9.81. The molecule has 5 nitrogen and oxygen atoms in total. The normalized spacial score (nSPS) is 10.4. The fourth-order valence-corrected chi connectivity index (χ4v) is 3.98. The van der Waals surface area contributed by atoms with Crippen molar-refractivity contribution in [2.45, 2.75) is 13.1 Å². The largest absolute Gasteiger partial charge is 0.332 e. The molecule has 160 valence electrons. The number of halogens is 1. The second-order valence-electron chi connectivity index (χ2n) is 6.92. The topological polar surface area (TPSA) is 52.7 Å². The molecule has 3 rings (SSSR count). The number of carbonyl (C=O) groups is 2. The van der Waals surface area contributed by atoms with Crippen LogP contribution < -0.4 is 5.32 Å². The number of hydrogen-bond donors (Lipinski definition) is 1. The van der Waals surface area contributed by atoms with E-state index in [-0.39, 0.29) is 25.0 Å². The lowest BCUT2D eigenvalue weighted by molar-refractivity contribution is -0.132. The Kier molecular flexibility index (Phi) is 8.44. The molecule has 1 aromatic heterocycles. The number of nitrogens with zero attached hydrogens (tertiary/aromatic N) is 2. The SMILES string of the molecule is C=CCN(CC(=O)N(Cc1ccccc1)Cc1cccs1)C(=O)Nc1ccc(Br)cc1. The van der Waals surface area contributed by atoms with E-state index in [2.05, 4.69) is 27.8 Å². The van der Waals surface area contributed by atoms with Gasteiger partial charge < -0.3 is 15.1 Å². The molecule has 3 amide bonds. The summed E-state index contributed by atoms with van der Waals surface area (Å²) in [5, 5.41) is 4.84. The predicted octanol–water partition coefficient (Wildman–Crippen LogP) is 5.76. The summed E-state index contributed by atoms with van der Waals surface area (Å²) in [4.78, 5) is 30.4. The van der Waals surface area contributed by atoms with Crippen molar-refractivity contribution >= 4 is 44.9 Å². The number of rotatable bonds is 9. The van der Waals surface area contributed by atoms with Crippen molar-refractivity contribution in [1.29, 1.82) is 0 Å². The molecule has 0 aliphatic heterocycles. The number of thiophene rings is 1. The molecule has 1 N–H and O–H groups in total. The van der Waals surface area contributed by atoms with Crippen molar-refractivity contribution in [3.8, 4) is 0 Å². The van der Waals surface area contributed by atoms with E-state index >= 15 is 0 Å². The average molecular weight is 498 g/mol. The van der Waals surface area contributed by atoms with Gasteiger partial charge in [0.15, 0.2) is 0 Å². The zero-order chi connectivity index (χ0) is 22.1. The summed E-state index contributed by atoms with van der Waals surface area (Å²) in [6.45, 7) is 4.95. The molecule has 2 aromatic carbocycles. The highest BCUT2D eigenvalue weighted by atomic mass is 79.9. The van der Waals surface area contributed by atoms with Gasteiger partial charge in [-0.3, -0.25) is 4.79 Å². The molecule has 0 fully saturated rings. The molecule has 0 aliphatic carbocycles. The minimum Gasteiger partial charge on any atom is -0.332 e. The number of anilines is 1. The molecular weight excluding hydrogens is 474 g/mol. The Morgan fingerprint density at radius 3 is 2.35 bits per heavy atom. The molecule has 0 radical (unpaired) electrons. The van der Waals surface area contributed by atoms with Crippen LogP contribution in [0.25, 0.3) is 0 Å². The van der Waals surface area contributed by atoms with E-state index in [0.717, 1.165) is 14.9 Å². The van der Waals surface area contributed by atoms with Gasteiger partial charge in [0.25, 0.3) is 0 Å². The predicted molar refractivity (Wildman–Crippen MR) is 130 cm³/mol. The highest BCUT2D eigenvalue weighted by molar-refractivity contribution is 9.10. The Morgan fingerprint density at radius 1 is 0.968 bits per heavy atom. The molecule has 0 aliphatic rings. The first-order valence-corrected chi connectivity index (χ1v) is 11.5. The van der Waals surface area contributed by atoms with Crippen LogP contribution in [0.15, 0.2) is 89.2 Å². The summed E-state index contributed by atoms with van der Waals surface area (Å²) >= 11 is 4.99. The van der Waals surface area contributed by atoms with Crippen LogP contribution in [0, 0.1) is 0 Å². The maximum absolute atomic E-state index is 13.2. The Hall–Kier alpha value is -2.90. The van der Waals surface area contributed by atoms with E-state index in [1.807, 2.05) is 60.0 Å². The van der Waals surface area contributed by atoms with Gasteiger partial charge in [0.1, 0.15) is 6.54 Å². The van der Waals surface area contributed by atoms with Gasteiger partial charge in [-0.05, 0) is 41.3 Å². The number of benzene rings is 2. The fraction of sp³-hybridized carbons (Fsp3) is 0.167. The van der Waals surface area contributed by atoms with Crippen LogP contribution in [0.1, 0.15) is 10.4 Å². The van der Waals surface area contributed by atoms with Crippen LogP contribution in [0.3, 0.4) is 0 Å². The van der Waals surface area contributed by atoms with Crippen LogP contribution in [0.5, 0.6) is 0 Å². The van der Waals surface area contributed by atoms with Crippen LogP contribution >= 0.6 is 27.3 Å². The quantitative estimate of drug-likeness (QED) is 0.382. The zero-order valence-corrected chi connectivity index (χ0v) is 19.4. The maximum atomic E-state index is 13.2. The summed E-state index contributed by atoms with van der Waals surface area (Å²) in [7, 11) is 0. The number of hydrogen-bond acceptors (Lipinski definition) is 3. The van der Waals surface area contributed by atoms with Gasteiger partial charge >= 0.3 is 6.03 Å². The van der Waals surface area contributed by atoms with Crippen LogP contribution in [0.2, 0.25) is 0 Å². The van der Waals surface area contributed by atoms with Crippen molar-refractivity contribution < 1.29 is 9.59 Å². The Morgan fingerprint density at radius 2 is 1.71 bits per heavy atom. The van der Waals surface area contributed by atoms with Crippen molar-refractivity contribution in [1.82, 2.24) is 9.80 Å². The van der Waals surface area contributed by atoms with Gasteiger partial charge in [-0.25, -0.2) is 4.79 Å². The number of urea groups is 1. The Bertz CT molecular complexity index is 991. The Labute approximate surface area is 195 Å². The highest BCUT2D eigenvalue weighted by Gasteiger charge is 2.21. The lowest BCUT2D eigenvalue weighted by Gasteiger charge is -2.27. The minimum atomic E-state index is -0.341. The monoisotopic (exact) mass is 497 g/mol. The molecule has 1 heterocycles. The van der Waals surface area contributed by atoms with E-state index in [0.29, 0.717) is 18.8 Å². The Balaban J connectivity index is 1.71. The van der Waals surface area contributed by atoms with Gasteiger partial charge in [0.05, 0.1) is 6.54 Å². The van der Waals surface area contributed by atoms with Gasteiger partial charge in [-0.1, -0.05) is 58.4 Å². The van der Waals surface area contributed by atoms with Crippen molar-refractivity contribution in [2.24, 2.45) is 0 Å². The van der Waals surface area contributed by atoms with Gasteiger partial charge in [0.2, 0.25) is 5.91 Å². The van der Waals surface area contributed by atoms with Gasteiger partial charge in [0, 0.05) is 28.1 Å². The molecular formula is C24H24BrN3O2S. The van der Waals surface area contributed by atoms with Gasteiger partial charge in [-0.15, -0.1) is 17.9 Å². The first-order chi connectivity index (χ1) is 15.0. The molecule has 3 aromatic rings. The van der Waals surface area contributed by atoms with Crippen molar-refractivity contribution in [3.63, 3.8) is 0 Å². The third-order valence-corrected chi connectivity index (χ3v) is 5.94. The molecule has 0 atom stereocenters. The van der Waals surface area contributed by atoms with Crippen LogP contribution in [-0.4, -0.2) is 34.8 Å². The second-order valence-corrected chi connectivity index (χ2v) is 8.87. The number of nitrogens with one attached hydrogen (secondary N) is 1. The number of carbonyl (C=O) groups excluding carboxylic acids is 2. The van der Waals surface area contributed by atoms with Crippen molar-refractivity contribution in [3.05, 3.63) is 99.7 Å². The van der Waals surface area contributed by atoms with E-state index in [1.165, 1.54) is 4.90 Å². The van der Waals surface area contributed by atoms with Gasteiger partial charge in [-0.2, -0.15) is 0 Å². The lowest BCUT2D eigenvalue weighted by Crippen LogP contribution is -2.44. The van der Waals surface area contributed by atoms with E-state index in [9.17, 15) is 9.59 Å². The first kappa shape index (κ1) is 22.8. The molecule has 0 bridgehead atoms. The summed E-state index contributed by atoms with van der Waals surface area (Å²) in [6.07, 6.45) is 1.62. The van der Waals surface area contributed by atoms with E-state index < -0.39 is 0 Å². The summed E-state index contributed by atoms with van der Waals surface area (Å²) in [5.74, 6) is -0.120. The minimum absolute atomic E-state index is 0.0351. The molecule has 0 saturated heterocycles. The smallest absolute Gasteiger partial charge is 0.322 e. The summed E-state index contributed by atoms with van der Waals surface area (Å²) < 4.78 is 0.925. The molecule has 0 unspecified atom stereocenters. The summed E-state index contributed by atoms with van der Waals surface area (Å²) in [5.41, 5.74) is 1.71. The van der Waals surface area contributed by atoms with Crippen LogP contribution in [-0.2, 0) is 17.9 Å². The standard InChI is InChI=1S/C24H24BrN3O2S/c1-2-14-27(24(30)26-21-12-10-20(25)11-13-21)18-23(29)28(17-22-9-6-15-31-22)16-19-7-4-3-5-8-19/h2-13,15H,1,14,16-18H2,(H,26,30). The molecule has 7 heteroatoms. The average Bonchev–Trinajstić information content (AvgIpc) is 3.28.